The first-order valence-electron chi connectivity index (χ1n) is 13.5. The third-order valence-electron chi connectivity index (χ3n) is 7.39. The number of hydrogen-bond acceptors (Lipinski definition) is 5. The predicted molar refractivity (Wildman–Crippen MR) is 164 cm³/mol. The van der Waals surface area contributed by atoms with Crippen molar-refractivity contribution in [2.75, 3.05) is 0 Å². The summed E-state index contributed by atoms with van der Waals surface area (Å²) in [5, 5.41) is 4.16. The van der Waals surface area contributed by atoms with Gasteiger partial charge in [0.1, 0.15) is 16.9 Å². The minimum atomic E-state index is 0.502. The number of aromatic nitrogens is 4. The lowest BCUT2D eigenvalue weighted by Gasteiger charge is -2.10. The van der Waals surface area contributed by atoms with E-state index in [4.69, 9.17) is 24.4 Å². The molecule has 5 heteroatoms. The Balaban J connectivity index is 1.34. The van der Waals surface area contributed by atoms with Gasteiger partial charge >= 0.3 is 0 Å². The van der Waals surface area contributed by atoms with Crippen LogP contribution >= 0.6 is 0 Å². The van der Waals surface area contributed by atoms with Gasteiger partial charge in [-0.1, -0.05) is 109 Å². The number of furan rings is 1. The molecule has 3 heterocycles. The molecule has 5 nitrogen and oxygen atoms in total. The predicted octanol–water partition coefficient (Wildman–Crippen LogP) is 8.99. The van der Waals surface area contributed by atoms with Gasteiger partial charge in [0.2, 0.25) is 0 Å². The molecule has 0 bridgehead atoms. The van der Waals surface area contributed by atoms with Crippen molar-refractivity contribution in [3.05, 3.63) is 134 Å². The quantitative estimate of drug-likeness (QED) is 0.229. The molecule has 0 spiro atoms. The smallest absolute Gasteiger partial charge is 0.183 e. The molecule has 0 radical (unpaired) electrons. The molecule has 41 heavy (non-hydrogen) atoms. The summed E-state index contributed by atoms with van der Waals surface area (Å²) in [5.74, 6) is 1.68. The number of benzene rings is 5. The van der Waals surface area contributed by atoms with Gasteiger partial charge in [0.25, 0.3) is 0 Å². The summed E-state index contributed by atoms with van der Waals surface area (Å²) in [6, 6.07) is 43.1. The van der Waals surface area contributed by atoms with Gasteiger partial charge < -0.3 is 4.42 Å². The maximum absolute atomic E-state index is 6.14. The summed E-state index contributed by atoms with van der Waals surface area (Å²) < 4.78 is 6.14. The Hall–Kier alpha value is -5.68. The van der Waals surface area contributed by atoms with Crippen molar-refractivity contribution in [1.29, 1.82) is 0 Å². The van der Waals surface area contributed by atoms with E-state index in [1.54, 1.807) is 6.20 Å². The van der Waals surface area contributed by atoms with Crippen LogP contribution < -0.4 is 0 Å². The van der Waals surface area contributed by atoms with E-state index in [-0.39, 0.29) is 0 Å². The Labute approximate surface area is 235 Å². The molecule has 0 atom stereocenters. The summed E-state index contributed by atoms with van der Waals surface area (Å²) in [6.45, 7) is 0. The molecular formula is C36H22N4O. The van der Waals surface area contributed by atoms with Gasteiger partial charge in [0.15, 0.2) is 17.5 Å². The Morgan fingerprint density at radius 1 is 0.439 bits per heavy atom. The zero-order valence-electron chi connectivity index (χ0n) is 21.9. The zero-order valence-corrected chi connectivity index (χ0v) is 21.9. The van der Waals surface area contributed by atoms with Crippen LogP contribution in [-0.2, 0) is 0 Å². The fraction of sp³-hybridized carbons (Fsp3) is 0. The lowest BCUT2D eigenvalue weighted by molar-refractivity contribution is 0.668. The highest BCUT2D eigenvalue weighted by Gasteiger charge is 2.19. The van der Waals surface area contributed by atoms with Gasteiger partial charge in [-0.2, -0.15) is 0 Å². The van der Waals surface area contributed by atoms with Crippen LogP contribution in [0.1, 0.15) is 0 Å². The van der Waals surface area contributed by atoms with Gasteiger partial charge in [-0.3, -0.25) is 4.98 Å². The summed E-state index contributed by atoms with van der Waals surface area (Å²) >= 11 is 0. The number of fused-ring (bicyclic) bond motifs is 4. The molecular weight excluding hydrogens is 504 g/mol. The average molecular weight is 527 g/mol. The van der Waals surface area contributed by atoms with Gasteiger partial charge in [0.05, 0.1) is 5.39 Å². The van der Waals surface area contributed by atoms with Crippen LogP contribution in [-0.4, -0.2) is 19.9 Å². The lowest BCUT2D eigenvalue weighted by atomic mass is 10.0. The average Bonchev–Trinajstić information content (AvgIpc) is 3.44. The monoisotopic (exact) mass is 526 g/mol. The van der Waals surface area contributed by atoms with Gasteiger partial charge in [-0.15, -0.1) is 0 Å². The molecule has 5 aromatic carbocycles. The Kier molecular flexibility index (Phi) is 5.38. The standard InChI is InChI=1S/C36H22N4O/c1-2-8-23(9-3-1)25-14-17-26(18-15-25)34-38-35(28-19-16-24-10-4-5-11-27(24)22-28)40-36(39-34)33-32-29-12-6-7-13-30(29)41-31(32)20-21-37-33/h1-22H. The maximum atomic E-state index is 6.14. The van der Waals surface area contributed by atoms with E-state index in [0.717, 1.165) is 49.6 Å². The molecule has 0 saturated heterocycles. The highest BCUT2D eigenvalue weighted by atomic mass is 16.3. The summed E-state index contributed by atoms with van der Waals surface area (Å²) in [7, 11) is 0. The third kappa shape index (κ3) is 4.12. The summed E-state index contributed by atoms with van der Waals surface area (Å²) in [6.07, 6.45) is 1.74. The molecule has 3 aromatic heterocycles. The van der Waals surface area contributed by atoms with Gasteiger partial charge in [-0.25, -0.2) is 15.0 Å². The van der Waals surface area contributed by atoms with E-state index >= 15 is 0 Å². The molecule has 0 fully saturated rings. The van der Waals surface area contributed by atoms with Crippen molar-refractivity contribution in [3.8, 4) is 45.4 Å². The Morgan fingerprint density at radius 2 is 1.07 bits per heavy atom. The van der Waals surface area contributed by atoms with Crippen LogP contribution in [0.25, 0.3) is 78.1 Å². The topological polar surface area (TPSA) is 64.7 Å². The molecule has 0 saturated carbocycles. The van der Waals surface area contributed by atoms with E-state index in [9.17, 15) is 0 Å². The number of hydrogen-bond donors (Lipinski definition) is 0. The minimum Gasteiger partial charge on any atom is -0.456 e. The molecule has 8 aromatic rings. The second-order valence-corrected chi connectivity index (χ2v) is 9.94. The third-order valence-corrected chi connectivity index (χ3v) is 7.39. The maximum Gasteiger partial charge on any atom is 0.183 e. The SMILES string of the molecule is c1ccc(-c2ccc(-c3nc(-c4ccc5ccccc5c4)nc(-c4nccc5oc6ccccc6c45)n3)cc2)cc1. The highest BCUT2D eigenvalue weighted by Crippen LogP contribution is 2.35. The van der Waals surface area contributed by atoms with Crippen LogP contribution in [0.4, 0.5) is 0 Å². The van der Waals surface area contributed by atoms with E-state index < -0.39 is 0 Å². The normalized spacial score (nSPS) is 11.4. The molecule has 0 amide bonds. The van der Waals surface area contributed by atoms with E-state index in [1.165, 1.54) is 5.39 Å². The van der Waals surface area contributed by atoms with Crippen molar-refractivity contribution in [2.24, 2.45) is 0 Å². The summed E-state index contributed by atoms with van der Waals surface area (Å²) in [4.78, 5) is 19.7. The largest absolute Gasteiger partial charge is 0.456 e. The van der Waals surface area contributed by atoms with Crippen molar-refractivity contribution in [1.82, 2.24) is 19.9 Å². The zero-order chi connectivity index (χ0) is 27.2. The number of para-hydroxylation sites is 1. The van der Waals surface area contributed by atoms with Gasteiger partial charge in [0, 0.05) is 22.7 Å². The fourth-order valence-corrected chi connectivity index (χ4v) is 5.35. The molecule has 0 aliphatic carbocycles. The highest BCUT2D eigenvalue weighted by molar-refractivity contribution is 6.10. The molecule has 192 valence electrons. The van der Waals surface area contributed by atoms with E-state index in [1.807, 2.05) is 60.7 Å². The van der Waals surface area contributed by atoms with Crippen molar-refractivity contribution in [3.63, 3.8) is 0 Å². The number of nitrogens with zero attached hydrogens (tertiary/aromatic N) is 4. The molecule has 0 aliphatic rings. The van der Waals surface area contributed by atoms with Gasteiger partial charge in [-0.05, 0) is 40.1 Å². The first-order valence-corrected chi connectivity index (χ1v) is 13.5. The van der Waals surface area contributed by atoms with Crippen molar-refractivity contribution < 1.29 is 4.42 Å². The first-order chi connectivity index (χ1) is 20.3. The van der Waals surface area contributed by atoms with E-state index in [2.05, 4.69) is 66.7 Å². The second kappa shape index (κ2) is 9.50. The molecule has 0 unspecified atom stereocenters. The number of pyridine rings is 1. The Bertz CT molecular complexity index is 2200. The molecule has 0 N–H and O–H groups in total. The Morgan fingerprint density at radius 3 is 1.93 bits per heavy atom. The number of rotatable bonds is 4. The second-order valence-electron chi connectivity index (χ2n) is 9.94. The summed E-state index contributed by atoms with van der Waals surface area (Å²) in [5.41, 5.74) is 6.33. The lowest BCUT2D eigenvalue weighted by Crippen LogP contribution is -2.01. The minimum absolute atomic E-state index is 0.502. The van der Waals surface area contributed by atoms with Crippen LogP contribution in [0.3, 0.4) is 0 Å². The molecule has 0 aliphatic heterocycles. The van der Waals surface area contributed by atoms with Crippen LogP contribution in [0.15, 0.2) is 138 Å². The van der Waals surface area contributed by atoms with Crippen LogP contribution in [0, 0.1) is 0 Å². The van der Waals surface area contributed by atoms with E-state index in [0.29, 0.717) is 23.2 Å². The van der Waals surface area contributed by atoms with Crippen molar-refractivity contribution >= 4 is 32.7 Å². The first kappa shape index (κ1) is 23.2. The van der Waals surface area contributed by atoms with Crippen LogP contribution in [0.5, 0.6) is 0 Å². The molecule has 8 rings (SSSR count). The van der Waals surface area contributed by atoms with Crippen molar-refractivity contribution in [2.45, 2.75) is 0 Å². The fourth-order valence-electron chi connectivity index (χ4n) is 5.35. The van der Waals surface area contributed by atoms with Crippen LogP contribution in [0.2, 0.25) is 0 Å².